The van der Waals surface area contributed by atoms with Crippen molar-refractivity contribution in [3.05, 3.63) is 95.6 Å². The third-order valence-electron chi connectivity index (χ3n) is 5.17. The molecule has 27 heavy (non-hydrogen) atoms. The number of nitrogens with zero attached hydrogens (tertiary/aromatic N) is 2. The molecule has 134 valence electrons. The highest BCUT2D eigenvalue weighted by Gasteiger charge is 2.49. The number of hydrogen-bond acceptors (Lipinski definition) is 3. The quantitative estimate of drug-likeness (QED) is 0.779. The normalized spacial score (nSPS) is 19.3. The van der Waals surface area contributed by atoms with Crippen LogP contribution in [0.2, 0.25) is 0 Å². The molecule has 4 nitrogen and oxygen atoms in total. The number of aryl methyl sites for hydroxylation is 1. The number of benzene rings is 3. The first kappa shape index (κ1) is 17.0. The highest BCUT2D eigenvalue weighted by atomic mass is 16.2. The number of rotatable bonds is 3. The summed E-state index contributed by atoms with van der Waals surface area (Å²) in [5, 5.41) is 0. The lowest BCUT2D eigenvalue weighted by molar-refractivity contribution is -0.129. The third-order valence-corrected chi connectivity index (χ3v) is 5.17. The summed E-state index contributed by atoms with van der Waals surface area (Å²) in [6, 6.07) is 25.8. The van der Waals surface area contributed by atoms with Crippen LogP contribution in [0, 0.1) is 6.92 Å². The molecule has 1 aliphatic heterocycles. The maximum absolute atomic E-state index is 13.3. The molecule has 1 amide bonds. The number of guanidine groups is 1. The lowest BCUT2D eigenvalue weighted by Crippen LogP contribution is -2.41. The first-order valence-corrected chi connectivity index (χ1v) is 8.89. The average molecular weight is 355 g/mol. The third kappa shape index (κ3) is 2.61. The molecule has 3 aromatic carbocycles. The summed E-state index contributed by atoms with van der Waals surface area (Å²) in [6.45, 7) is 2.08. The van der Waals surface area contributed by atoms with Gasteiger partial charge in [0.15, 0.2) is 11.5 Å². The van der Waals surface area contributed by atoms with Crippen molar-refractivity contribution in [2.24, 2.45) is 10.7 Å². The van der Waals surface area contributed by atoms with E-state index in [9.17, 15) is 4.79 Å². The monoisotopic (exact) mass is 355 g/mol. The minimum atomic E-state index is -1.15. The lowest BCUT2D eigenvalue weighted by atomic mass is 9.81. The van der Waals surface area contributed by atoms with E-state index in [1.54, 1.807) is 7.05 Å². The van der Waals surface area contributed by atoms with Crippen LogP contribution in [0.1, 0.15) is 16.7 Å². The van der Waals surface area contributed by atoms with Crippen LogP contribution in [-0.4, -0.2) is 23.8 Å². The number of hydrogen-bond donors (Lipinski definition) is 1. The summed E-state index contributed by atoms with van der Waals surface area (Å²) in [5.41, 5.74) is 9.89. The molecule has 1 atom stereocenters. The fourth-order valence-electron chi connectivity index (χ4n) is 3.67. The SMILES string of the molecule is Cc1ccccc1-c1cccc(C2(c3ccccc3)N=C(N)N(C)C2=O)c1. The topological polar surface area (TPSA) is 58.7 Å². The largest absolute Gasteiger partial charge is 0.369 e. The second-order valence-corrected chi connectivity index (χ2v) is 6.81. The predicted octanol–water partition coefficient (Wildman–Crippen LogP) is 3.69. The van der Waals surface area contributed by atoms with Crippen LogP contribution in [0.4, 0.5) is 0 Å². The number of amides is 1. The van der Waals surface area contributed by atoms with Crippen molar-refractivity contribution in [3.63, 3.8) is 0 Å². The molecule has 0 bridgehead atoms. The highest BCUT2D eigenvalue weighted by Crippen LogP contribution is 2.40. The van der Waals surface area contributed by atoms with Gasteiger partial charge in [0.05, 0.1) is 0 Å². The van der Waals surface area contributed by atoms with Gasteiger partial charge in [-0.15, -0.1) is 0 Å². The van der Waals surface area contributed by atoms with Gasteiger partial charge in [0.2, 0.25) is 0 Å². The van der Waals surface area contributed by atoms with Crippen LogP contribution in [0.15, 0.2) is 83.9 Å². The molecule has 0 spiro atoms. The van der Waals surface area contributed by atoms with Gasteiger partial charge >= 0.3 is 0 Å². The summed E-state index contributed by atoms with van der Waals surface area (Å²) in [7, 11) is 1.66. The zero-order valence-electron chi connectivity index (χ0n) is 15.4. The van der Waals surface area contributed by atoms with Crippen molar-refractivity contribution in [1.82, 2.24) is 4.90 Å². The van der Waals surface area contributed by atoms with Gasteiger partial charge in [-0.3, -0.25) is 9.69 Å². The van der Waals surface area contributed by atoms with Gasteiger partial charge in [0.25, 0.3) is 5.91 Å². The zero-order valence-corrected chi connectivity index (χ0v) is 15.4. The number of carbonyl (C=O) groups is 1. The van der Waals surface area contributed by atoms with Crippen molar-refractivity contribution in [1.29, 1.82) is 0 Å². The van der Waals surface area contributed by atoms with Gasteiger partial charge in [0.1, 0.15) is 0 Å². The Balaban J connectivity index is 1.95. The Bertz CT molecular complexity index is 1040. The van der Waals surface area contributed by atoms with Gasteiger partial charge < -0.3 is 5.73 Å². The van der Waals surface area contributed by atoms with Crippen LogP contribution in [-0.2, 0) is 10.3 Å². The second kappa shape index (κ2) is 6.40. The van der Waals surface area contributed by atoms with Gasteiger partial charge in [-0.2, -0.15) is 0 Å². The summed E-state index contributed by atoms with van der Waals surface area (Å²) in [5.74, 6) is 0.0817. The minimum absolute atomic E-state index is 0.145. The number of likely N-dealkylation sites (N-methyl/N-ethyl adjacent to an activating group) is 1. The van der Waals surface area contributed by atoms with E-state index in [1.165, 1.54) is 10.5 Å². The van der Waals surface area contributed by atoms with Gasteiger partial charge in [0, 0.05) is 7.05 Å². The fraction of sp³-hybridized carbons (Fsp3) is 0.130. The maximum Gasteiger partial charge on any atom is 0.266 e. The molecule has 3 aromatic rings. The Morgan fingerprint density at radius 3 is 2.22 bits per heavy atom. The van der Waals surface area contributed by atoms with Crippen LogP contribution < -0.4 is 5.73 Å². The number of carbonyl (C=O) groups excluding carboxylic acids is 1. The molecule has 0 aromatic heterocycles. The molecule has 4 rings (SSSR count). The molecule has 4 heteroatoms. The van der Waals surface area contributed by atoms with Crippen molar-refractivity contribution in [2.45, 2.75) is 12.5 Å². The molecule has 0 fully saturated rings. The molecule has 0 saturated heterocycles. The van der Waals surface area contributed by atoms with Crippen LogP contribution >= 0.6 is 0 Å². The minimum Gasteiger partial charge on any atom is -0.369 e. The van der Waals surface area contributed by atoms with Crippen molar-refractivity contribution < 1.29 is 4.79 Å². The second-order valence-electron chi connectivity index (χ2n) is 6.81. The highest BCUT2D eigenvalue weighted by molar-refractivity contribution is 6.09. The molecule has 0 radical (unpaired) electrons. The van der Waals surface area contributed by atoms with E-state index >= 15 is 0 Å². The van der Waals surface area contributed by atoms with Gasteiger partial charge in [-0.05, 0) is 40.8 Å². The zero-order chi connectivity index (χ0) is 19.0. The van der Waals surface area contributed by atoms with E-state index in [0.717, 1.165) is 22.3 Å². The Morgan fingerprint density at radius 1 is 0.889 bits per heavy atom. The molecule has 1 unspecified atom stereocenters. The maximum atomic E-state index is 13.3. The fourth-order valence-corrected chi connectivity index (χ4v) is 3.67. The summed E-state index contributed by atoms with van der Waals surface area (Å²) < 4.78 is 0. The van der Waals surface area contributed by atoms with E-state index in [1.807, 2.05) is 60.7 Å². The Labute approximate surface area is 159 Å². The first-order valence-electron chi connectivity index (χ1n) is 8.89. The van der Waals surface area contributed by atoms with Crippen molar-refractivity contribution in [3.8, 4) is 11.1 Å². The molecule has 0 aliphatic carbocycles. The van der Waals surface area contributed by atoms with E-state index in [-0.39, 0.29) is 11.9 Å². The van der Waals surface area contributed by atoms with E-state index < -0.39 is 5.54 Å². The Hall–Kier alpha value is -3.40. The molecule has 0 saturated carbocycles. The average Bonchev–Trinajstić information content (AvgIpc) is 2.94. The Morgan fingerprint density at radius 2 is 1.56 bits per heavy atom. The van der Waals surface area contributed by atoms with E-state index in [2.05, 4.69) is 30.1 Å². The number of nitrogens with two attached hydrogens (primary N) is 1. The summed E-state index contributed by atoms with van der Waals surface area (Å²) >= 11 is 0. The van der Waals surface area contributed by atoms with Crippen molar-refractivity contribution >= 4 is 11.9 Å². The first-order chi connectivity index (χ1) is 13.0. The molecule has 1 heterocycles. The smallest absolute Gasteiger partial charge is 0.266 e. The van der Waals surface area contributed by atoms with E-state index in [4.69, 9.17) is 5.73 Å². The summed E-state index contributed by atoms with van der Waals surface area (Å²) in [4.78, 5) is 19.4. The van der Waals surface area contributed by atoms with Crippen LogP contribution in [0.3, 0.4) is 0 Å². The van der Waals surface area contributed by atoms with Crippen molar-refractivity contribution in [2.75, 3.05) is 7.05 Å². The standard InChI is InChI=1S/C23H21N3O/c1-16-9-6-7-14-20(16)17-10-8-13-19(15-17)23(18-11-4-3-5-12-18)21(27)26(2)22(24)25-23/h3-15H,1-2H3,(H2,24,25). The summed E-state index contributed by atoms with van der Waals surface area (Å²) in [6.07, 6.45) is 0. The van der Waals surface area contributed by atoms with Gasteiger partial charge in [-0.25, -0.2) is 4.99 Å². The predicted molar refractivity (Wildman–Crippen MR) is 108 cm³/mol. The molecular formula is C23H21N3O. The lowest BCUT2D eigenvalue weighted by Gasteiger charge is -2.26. The van der Waals surface area contributed by atoms with Gasteiger partial charge in [-0.1, -0.05) is 72.8 Å². The molecule has 1 aliphatic rings. The van der Waals surface area contributed by atoms with E-state index in [0.29, 0.717) is 0 Å². The molecular weight excluding hydrogens is 334 g/mol. The van der Waals surface area contributed by atoms with Crippen LogP contribution in [0.25, 0.3) is 11.1 Å². The Kier molecular flexibility index (Phi) is 4.04. The number of aliphatic imine (C=N–C) groups is 1. The molecule has 2 N–H and O–H groups in total. The van der Waals surface area contributed by atoms with Crippen LogP contribution in [0.5, 0.6) is 0 Å².